The summed E-state index contributed by atoms with van der Waals surface area (Å²) in [6.07, 6.45) is 8.09. The molecule has 7 rings (SSSR count). The van der Waals surface area contributed by atoms with Gasteiger partial charge in [-0.15, -0.1) is 11.6 Å². The van der Waals surface area contributed by atoms with Crippen LogP contribution in [-0.4, -0.2) is 59.6 Å². The highest BCUT2D eigenvalue weighted by Crippen LogP contribution is 2.61. The molecular formula is C27H36ClN3O3. The van der Waals surface area contributed by atoms with Gasteiger partial charge in [-0.25, -0.2) is 4.79 Å². The van der Waals surface area contributed by atoms with Crippen molar-refractivity contribution in [3.05, 3.63) is 35.4 Å². The minimum absolute atomic E-state index is 0.0690. The first-order chi connectivity index (χ1) is 16.4. The number of ether oxygens (including phenoxy) is 1. The number of alkyl halides is 1. The average molecular weight is 486 g/mol. The highest BCUT2D eigenvalue weighted by atomic mass is 35.5. The Morgan fingerprint density at radius 3 is 2.18 bits per heavy atom. The highest BCUT2D eigenvalue weighted by molar-refractivity contribution is 6.24. The standard InChI is InChI=1S/C27H36ClN3O3/c28-26-13-19-15-27(17-26,16-20(14-26)23-4-2-1-3-22(19)23)30-25(33)29-21-5-9-31(10-6-21)24(32)18-7-11-34-12-8-18/h1-4,18-21H,5-17H2,(H2,29,30,33). The second-order valence-corrected chi connectivity index (χ2v) is 12.3. The number of piperidine rings is 1. The van der Waals surface area contributed by atoms with E-state index in [9.17, 15) is 9.59 Å². The van der Waals surface area contributed by atoms with Crippen LogP contribution in [0.4, 0.5) is 4.79 Å². The van der Waals surface area contributed by atoms with E-state index in [4.69, 9.17) is 16.3 Å². The average Bonchev–Trinajstić information content (AvgIpc) is 2.97. The van der Waals surface area contributed by atoms with Crippen molar-refractivity contribution in [3.63, 3.8) is 0 Å². The molecule has 2 unspecified atom stereocenters. The number of carbonyl (C=O) groups excluding carboxylic acids is 2. The van der Waals surface area contributed by atoms with Crippen molar-refractivity contribution in [1.82, 2.24) is 15.5 Å². The van der Waals surface area contributed by atoms with Crippen LogP contribution in [0, 0.1) is 5.92 Å². The number of urea groups is 1. The quantitative estimate of drug-likeness (QED) is 0.628. The van der Waals surface area contributed by atoms with Crippen LogP contribution >= 0.6 is 11.6 Å². The molecule has 2 heterocycles. The van der Waals surface area contributed by atoms with Crippen LogP contribution in [0.1, 0.15) is 80.8 Å². The Kier molecular flexibility index (Phi) is 5.80. The number of nitrogens with one attached hydrogen (secondary N) is 2. The lowest BCUT2D eigenvalue weighted by atomic mass is 9.62. The third kappa shape index (κ3) is 4.21. The zero-order valence-corrected chi connectivity index (χ0v) is 20.6. The van der Waals surface area contributed by atoms with Gasteiger partial charge in [0.25, 0.3) is 0 Å². The number of carbonyl (C=O) groups is 2. The maximum atomic E-state index is 13.2. The SMILES string of the molecule is O=C(NC1CCN(C(=O)C2CCOCC2)CC1)NC12CC3CC(Cl)(CC(C1)c1ccccc13)C2. The van der Waals surface area contributed by atoms with Gasteiger partial charge in [-0.1, -0.05) is 24.3 Å². The van der Waals surface area contributed by atoms with Gasteiger partial charge in [0.2, 0.25) is 5.91 Å². The van der Waals surface area contributed by atoms with Crippen molar-refractivity contribution in [3.8, 4) is 0 Å². The molecule has 4 bridgehead atoms. The Bertz CT molecular complexity index is 919. The lowest BCUT2D eigenvalue weighted by Crippen LogP contribution is -2.62. The number of halogens is 1. The number of nitrogens with zero attached hydrogens (tertiary/aromatic N) is 1. The van der Waals surface area contributed by atoms with Crippen molar-refractivity contribution in [2.45, 2.75) is 86.1 Å². The lowest BCUT2D eigenvalue weighted by Gasteiger charge is -2.52. The molecule has 3 amide bonds. The molecule has 0 aromatic heterocycles. The fourth-order valence-corrected chi connectivity index (χ4v) is 8.41. The molecule has 0 radical (unpaired) electrons. The molecule has 2 atom stereocenters. The summed E-state index contributed by atoms with van der Waals surface area (Å²) in [5, 5.41) is 6.66. The van der Waals surface area contributed by atoms with E-state index in [1.165, 1.54) is 11.1 Å². The van der Waals surface area contributed by atoms with Crippen LogP contribution < -0.4 is 10.6 Å². The summed E-state index contributed by atoms with van der Waals surface area (Å²) >= 11 is 7.18. The van der Waals surface area contributed by atoms with E-state index in [-0.39, 0.29) is 34.3 Å². The first-order valence-electron chi connectivity index (χ1n) is 13.2. The van der Waals surface area contributed by atoms with Crippen LogP contribution in [-0.2, 0) is 9.53 Å². The Labute approximate surface area is 207 Å². The number of hydrogen-bond acceptors (Lipinski definition) is 3. The predicted octanol–water partition coefficient (Wildman–Crippen LogP) is 4.28. The van der Waals surface area contributed by atoms with Crippen molar-refractivity contribution >= 4 is 23.5 Å². The van der Waals surface area contributed by atoms with Crippen molar-refractivity contribution < 1.29 is 14.3 Å². The summed E-state index contributed by atoms with van der Waals surface area (Å²) in [7, 11) is 0. The summed E-state index contributed by atoms with van der Waals surface area (Å²) in [6, 6.07) is 8.85. The molecule has 2 saturated heterocycles. The van der Waals surface area contributed by atoms with Crippen LogP contribution in [0.15, 0.2) is 24.3 Å². The van der Waals surface area contributed by atoms with Crippen LogP contribution in [0.25, 0.3) is 0 Å². The van der Waals surface area contributed by atoms with Crippen LogP contribution in [0.3, 0.4) is 0 Å². The highest BCUT2D eigenvalue weighted by Gasteiger charge is 2.57. The number of likely N-dealkylation sites (tertiary alicyclic amines) is 1. The molecule has 2 N–H and O–H groups in total. The fraction of sp³-hybridized carbons (Fsp3) is 0.704. The van der Waals surface area contributed by atoms with Gasteiger partial charge in [0.1, 0.15) is 0 Å². The normalized spacial score (nSPS) is 35.5. The molecule has 34 heavy (non-hydrogen) atoms. The van der Waals surface area contributed by atoms with Gasteiger partial charge in [-0.2, -0.15) is 0 Å². The predicted molar refractivity (Wildman–Crippen MR) is 131 cm³/mol. The van der Waals surface area contributed by atoms with E-state index < -0.39 is 0 Å². The zero-order valence-electron chi connectivity index (χ0n) is 19.9. The van der Waals surface area contributed by atoms with Crippen molar-refractivity contribution in [1.29, 1.82) is 0 Å². The molecule has 1 aromatic carbocycles. The molecule has 2 aliphatic heterocycles. The Morgan fingerprint density at radius 1 is 0.941 bits per heavy atom. The van der Waals surface area contributed by atoms with Gasteiger partial charge in [-0.05, 0) is 80.8 Å². The molecule has 4 fully saturated rings. The first kappa shape index (κ1) is 22.7. The van der Waals surface area contributed by atoms with E-state index in [1.54, 1.807) is 0 Å². The molecule has 7 heteroatoms. The zero-order chi connectivity index (χ0) is 23.3. The summed E-state index contributed by atoms with van der Waals surface area (Å²) < 4.78 is 5.40. The monoisotopic (exact) mass is 485 g/mol. The maximum absolute atomic E-state index is 13.2. The van der Waals surface area contributed by atoms with Gasteiger partial charge in [0, 0.05) is 48.7 Å². The van der Waals surface area contributed by atoms with E-state index in [0.29, 0.717) is 25.0 Å². The number of benzene rings is 1. The van der Waals surface area contributed by atoms with Gasteiger partial charge in [-0.3, -0.25) is 4.79 Å². The van der Waals surface area contributed by atoms with Gasteiger partial charge >= 0.3 is 6.03 Å². The lowest BCUT2D eigenvalue weighted by molar-refractivity contribution is -0.139. The third-order valence-corrected chi connectivity index (χ3v) is 9.56. The molecule has 6 nitrogen and oxygen atoms in total. The molecule has 1 aromatic rings. The van der Waals surface area contributed by atoms with Crippen LogP contribution in [0.5, 0.6) is 0 Å². The summed E-state index contributed by atoms with van der Waals surface area (Å²) in [5.74, 6) is 1.20. The largest absolute Gasteiger partial charge is 0.381 e. The number of hydrogen-bond donors (Lipinski definition) is 2. The Hall–Kier alpha value is -1.79. The number of amides is 3. The minimum Gasteiger partial charge on any atom is -0.381 e. The Balaban J connectivity index is 1.07. The fourth-order valence-electron chi connectivity index (χ4n) is 7.78. The van der Waals surface area contributed by atoms with Gasteiger partial charge in [0.05, 0.1) is 0 Å². The summed E-state index contributed by atoms with van der Waals surface area (Å²) in [4.78, 5) is 27.8. The summed E-state index contributed by atoms with van der Waals surface area (Å²) in [6.45, 7) is 2.81. The second kappa shape index (κ2) is 8.70. The Morgan fingerprint density at radius 2 is 1.56 bits per heavy atom. The van der Waals surface area contributed by atoms with Crippen molar-refractivity contribution in [2.75, 3.05) is 26.3 Å². The summed E-state index contributed by atoms with van der Waals surface area (Å²) in [5.41, 5.74) is 2.65. The number of rotatable bonds is 3. The smallest absolute Gasteiger partial charge is 0.315 e. The molecule has 0 spiro atoms. The maximum Gasteiger partial charge on any atom is 0.315 e. The second-order valence-electron chi connectivity index (χ2n) is 11.5. The molecular weight excluding hydrogens is 450 g/mol. The molecule has 6 aliphatic rings. The van der Waals surface area contributed by atoms with Gasteiger partial charge in [0.15, 0.2) is 0 Å². The van der Waals surface area contributed by atoms with E-state index in [2.05, 4.69) is 34.9 Å². The topological polar surface area (TPSA) is 70.7 Å². The van der Waals surface area contributed by atoms with E-state index in [0.717, 1.165) is 70.9 Å². The third-order valence-electron chi connectivity index (χ3n) is 9.12. The van der Waals surface area contributed by atoms with E-state index >= 15 is 0 Å². The minimum atomic E-state index is -0.240. The molecule has 184 valence electrons. The van der Waals surface area contributed by atoms with Gasteiger partial charge < -0.3 is 20.3 Å². The van der Waals surface area contributed by atoms with E-state index in [1.807, 2.05) is 4.90 Å². The molecule has 4 aliphatic carbocycles. The molecule has 2 saturated carbocycles. The first-order valence-corrected chi connectivity index (χ1v) is 13.5. The van der Waals surface area contributed by atoms with Crippen molar-refractivity contribution in [2.24, 2.45) is 5.92 Å². The van der Waals surface area contributed by atoms with Crippen LogP contribution in [0.2, 0.25) is 0 Å².